The number of fused-ring (bicyclic) bond motifs is 1. The van der Waals surface area contributed by atoms with Crippen molar-refractivity contribution in [3.8, 4) is 5.75 Å². The van der Waals surface area contributed by atoms with Crippen molar-refractivity contribution in [2.45, 2.75) is 25.0 Å². The number of hydrogen-bond acceptors (Lipinski definition) is 3. The van der Waals surface area contributed by atoms with Crippen LogP contribution in [-0.4, -0.2) is 19.2 Å². The van der Waals surface area contributed by atoms with Crippen LogP contribution in [0.5, 0.6) is 5.75 Å². The van der Waals surface area contributed by atoms with Gasteiger partial charge in [-0.2, -0.15) is 0 Å². The molecule has 2 aromatic rings. The molecule has 0 saturated heterocycles. The second-order valence-corrected chi connectivity index (χ2v) is 7.32. The van der Waals surface area contributed by atoms with E-state index in [9.17, 15) is 0 Å². The Morgan fingerprint density at radius 2 is 2.21 bits per heavy atom. The zero-order valence-corrected chi connectivity index (χ0v) is 13.1. The zero-order chi connectivity index (χ0) is 13.2. The summed E-state index contributed by atoms with van der Waals surface area (Å²) >= 11 is 5.31. The Hall–Kier alpha value is -0.840. The molecule has 0 saturated carbocycles. The van der Waals surface area contributed by atoms with Crippen LogP contribution in [0.3, 0.4) is 0 Å². The van der Waals surface area contributed by atoms with E-state index in [2.05, 4.69) is 51.6 Å². The van der Waals surface area contributed by atoms with Gasteiger partial charge in [-0.3, -0.25) is 0 Å². The van der Waals surface area contributed by atoms with E-state index >= 15 is 0 Å². The van der Waals surface area contributed by atoms with Crippen molar-refractivity contribution in [3.05, 3.63) is 50.6 Å². The SMILES string of the molecule is CNC(Cc1ccc(Br)s1)C1Cc2ccccc2O1. The van der Waals surface area contributed by atoms with Crippen LogP contribution in [0.25, 0.3) is 0 Å². The van der Waals surface area contributed by atoms with Crippen molar-refractivity contribution >= 4 is 27.3 Å². The monoisotopic (exact) mass is 337 g/mol. The molecular weight excluding hydrogens is 322 g/mol. The Kier molecular flexibility index (Phi) is 3.91. The second-order valence-electron chi connectivity index (χ2n) is 4.77. The molecule has 19 heavy (non-hydrogen) atoms. The van der Waals surface area contributed by atoms with Gasteiger partial charge in [0.2, 0.25) is 0 Å². The Balaban J connectivity index is 1.71. The third kappa shape index (κ3) is 2.86. The number of halogens is 1. The van der Waals surface area contributed by atoms with Crippen molar-refractivity contribution in [1.29, 1.82) is 0 Å². The number of hydrogen-bond donors (Lipinski definition) is 1. The first kappa shape index (κ1) is 13.2. The molecule has 0 spiro atoms. The summed E-state index contributed by atoms with van der Waals surface area (Å²) in [5.41, 5.74) is 1.32. The van der Waals surface area contributed by atoms with Gasteiger partial charge < -0.3 is 10.1 Å². The maximum Gasteiger partial charge on any atom is 0.123 e. The number of thiophene rings is 1. The number of ether oxygens (including phenoxy) is 1. The van der Waals surface area contributed by atoms with E-state index in [0.717, 1.165) is 18.6 Å². The van der Waals surface area contributed by atoms with Crippen molar-refractivity contribution < 1.29 is 4.74 Å². The minimum absolute atomic E-state index is 0.225. The minimum Gasteiger partial charge on any atom is -0.488 e. The zero-order valence-electron chi connectivity index (χ0n) is 10.7. The lowest BCUT2D eigenvalue weighted by atomic mass is 10.0. The van der Waals surface area contributed by atoms with Crippen LogP contribution < -0.4 is 10.1 Å². The summed E-state index contributed by atoms with van der Waals surface area (Å²) in [6, 6.07) is 13.0. The van der Waals surface area contributed by atoms with Gasteiger partial charge in [-0.05, 0) is 46.7 Å². The molecule has 2 atom stereocenters. The fraction of sp³-hybridized carbons (Fsp3) is 0.333. The summed E-state index contributed by atoms with van der Waals surface area (Å²) in [7, 11) is 2.01. The van der Waals surface area contributed by atoms with Crippen molar-refractivity contribution in [2.75, 3.05) is 7.05 Å². The summed E-state index contributed by atoms with van der Waals surface area (Å²) in [5.74, 6) is 1.04. The number of likely N-dealkylation sites (N-methyl/N-ethyl adjacent to an activating group) is 1. The molecule has 0 radical (unpaired) electrons. The minimum atomic E-state index is 0.225. The fourth-order valence-corrected chi connectivity index (χ4v) is 4.07. The Bertz CT molecular complexity index is 544. The van der Waals surface area contributed by atoms with Crippen molar-refractivity contribution in [1.82, 2.24) is 5.32 Å². The van der Waals surface area contributed by atoms with E-state index in [1.54, 1.807) is 11.3 Å². The van der Waals surface area contributed by atoms with Gasteiger partial charge >= 0.3 is 0 Å². The molecule has 1 N–H and O–H groups in total. The predicted molar refractivity (Wildman–Crippen MR) is 83.1 cm³/mol. The van der Waals surface area contributed by atoms with Crippen LogP contribution in [0.15, 0.2) is 40.2 Å². The average Bonchev–Trinajstić information content (AvgIpc) is 3.01. The first-order chi connectivity index (χ1) is 9.26. The van der Waals surface area contributed by atoms with E-state index in [0.29, 0.717) is 6.04 Å². The smallest absolute Gasteiger partial charge is 0.123 e. The van der Waals surface area contributed by atoms with Crippen LogP contribution >= 0.6 is 27.3 Å². The van der Waals surface area contributed by atoms with Crippen molar-refractivity contribution in [3.63, 3.8) is 0 Å². The molecule has 3 rings (SSSR count). The topological polar surface area (TPSA) is 21.3 Å². The Morgan fingerprint density at radius 3 is 2.89 bits per heavy atom. The molecule has 1 aliphatic rings. The molecule has 1 aliphatic heterocycles. The van der Waals surface area contributed by atoms with E-state index < -0.39 is 0 Å². The van der Waals surface area contributed by atoms with Gasteiger partial charge in [-0.1, -0.05) is 18.2 Å². The highest BCUT2D eigenvalue weighted by molar-refractivity contribution is 9.11. The van der Waals surface area contributed by atoms with E-state index in [-0.39, 0.29) is 6.10 Å². The van der Waals surface area contributed by atoms with Gasteiger partial charge in [0.25, 0.3) is 0 Å². The molecule has 100 valence electrons. The molecule has 0 bridgehead atoms. The molecule has 4 heteroatoms. The lowest BCUT2D eigenvalue weighted by Crippen LogP contribution is -2.41. The quantitative estimate of drug-likeness (QED) is 0.919. The Labute approximate surface area is 125 Å². The highest BCUT2D eigenvalue weighted by Gasteiger charge is 2.29. The standard InChI is InChI=1S/C15H16BrNOS/c1-17-12(9-11-6-7-15(16)19-11)14-8-10-4-2-3-5-13(10)18-14/h2-7,12,14,17H,8-9H2,1H3. The first-order valence-electron chi connectivity index (χ1n) is 6.42. The molecular formula is C15H16BrNOS. The molecule has 0 amide bonds. The number of nitrogens with one attached hydrogen (secondary N) is 1. The highest BCUT2D eigenvalue weighted by atomic mass is 79.9. The highest BCUT2D eigenvalue weighted by Crippen LogP contribution is 2.31. The van der Waals surface area contributed by atoms with Crippen LogP contribution in [0.4, 0.5) is 0 Å². The van der Waals surface area contributed by atoms with Gasteiger partial charge in [0.1, 0.15) is 11.9 Å². The van der Waals surface area contributed by atoms with Crippen LogP contribution in [-0.2, 0) is 12.8 Å². The molecule has 0 fully saturated rings. The number of para-hydroxylation sites is 1. The Morgan fingerprint density at radius 1 is 1.37 bits per heavy atom. The van der Waals surface area contributed by atoms with Crippen LogP contribution in [0, 0.1) is 0 Å². The van der Waals surface area contributed by atoms with E-state index in [1.165, 1.54) is 14.2 Å². The molecule has 2 heterocycles. The summed E-state index contributed by atoms with van der Waals surface area (Å²) in [5, 5.41) is 3.40. The first-order valence-corrected chi connectivity index (χ1v) is 8.03. The average molecular weight is 338 g/mol. The number of rotatable bonds is 4. The van der Waals surface area contributed by atoms with E-state index in [4.69, 9.17) is 4.74 Å². The van der Waals surface area contributed by atoms with Crippen LogP contribution in [0.2, 0.25) is 0 Å². The van der Waals surface area contributed by atoms with Gasteiger partial charge in [0.05, 0.1) is 3.79 Å². The largest absolute Gasteiger partial charge is 0.488 e. The van der Waals surface area contributed by atoms with Gasteiger partial charge in [-0.25, -0.2) is 0 Å². The van der Waals surface area contributed by atoms with E-state index in [1.807, 2.05) is 13.1 Å². The third-order valence-electron chi connectivity index (χ3n) is 3.54. The third-order valence-corrected chi connectivity index (χ3v) is 5.19. The molecule has 1 aromatic heterocycles. The summed E-state index contributed by atoms with van der Waals surface area (Å²) < 4.78 is 7.26. The number of benzene rings is 1. The molecule has 2 nitrogen and oxygen atoms in total. The van der Waals surface area contributed by atoms with Gasteiger partial charge in [0.15, 0.2) is 0 Å². The summed E-state index contributed by atoms with van der Waals surface area (Å²) in [6.07, 6.45) is 2.22. The predicted octanol–water partition coefficient (Wildman–Crippen LogP) is 3.64. The fourth-order valence-electron chi connectivity index (χ4n) is 2.53. The molecule has 1 aromatic carbocycles. The second kappa shape index (κ2) is 5.65. The lowest BCUT2D eigenvalue weighted by Gasteiger charge is -2.22. The van der Waals surface area contributed by atoms with Crippen LogP contribution in [0.1, 0.15) is 10.4 Å². The van der Waals surface area contributed by atoms with Crippen molar-refractivity contribution in [2.24, 2.45) is 0 Å². The summed E-state index contributed by atoms with van der Waals surface area (Å²) in [4.78, 5) is 1.38. The normalized spacial score (nSPS) is 18.9. The molecule has 2 unspecified atom stereocenters. The van der Waals surface area contributed by atoms with Gasteiger partial charge in [0, 0.05) is 23.8 Å². The van der Waals surface area contributed by atoms with Gasteiger partial charge in [-0.15, -0.1) is 11.3 Å². The maximum absolute atomic E-state index is 6.07. The summed E-state index contributed by atoms with van der Waals surface area (Å²) in [6.45, 7) is 0. The maximum atomic E-state index is 6.07. The lowest BCUT2D eigenvalue weighted by molar-refractivity contribution is 0.182. The molecule has 0 aliphatic carbocycles.